The number of hydrogen-bond donors (Lipinski definition) is 2. The van der Waals surface area contributed by atoms with Crippen LogP contribution in [-0.2, 0) is 5.75 Å². The number of carbonyl (C=O) groups is 1. The van der Waals surface area contributed by atoms with E-state index in [1.807, 2.05) is 0 Å². The molecule has 2 rings (SSSR count). The fourth-order valence-electron chi connectivity index (χ4n) is 1.22. The summed E-state index contributed by atoms with van der Waals surface area (Å²) in [5, 5.41) is 16.9. The number of carboxylic acid groups (broad SMARTS) is 1. The Morgan fingerprint density at radius 1 is 1.50 bits per heavy atom. The van der Waals surface area contributed by atoms with Crippen LogP contribution in [0.4, 0.5) is 5.13 Å². The molecule has 0 bridgehead atoms. The summed E-state index contributed by atoms with van der Waals surface area (Å²) in [7, 11) is 0. The maximum Gasteiger partial charge on any atom is 0.335 e. The van der Waals surface area contributed by atoms with Gasteiger partial charge in [0.15, 0.2) is 4.34 Å². The van der Waals surface area contributed by atoms with Crippen LogP contribution < -0.4 is 5.73 Å². The van der Waals surface area contributed by atoms with Crippen LogP contribution in [0, 0.1) is 0 Å². The highest BCUT2D eigenvalue weighted by Crippen LogP contribution is 2.30. The van der Waals surface area contributed by atoms with E-state index in [0.717, 1.165) is 14.4 Å². The van der Waals surface area contributed by atoms with Crippen molar-refractivity contribution in [3.05, 3.63) is 33.8 Å². The molecule has 3 N–H and O–H groups in total. The second kappa shape index (κ2) is 5.68. The number of anilines is 1. The van der Waals surface area contributed by atoms with Gasteiger partial charge in [-0.3, -0.25) is 0 Å². The zero-order valence-corrected chi connectivity index (χ0v) is 12.2. The van der Waals surface area contributed by atoms with Gasteiger partial charge in [0.1, 0.15) is 0 Å². The van der Waals surface area contributed by atoms with Gasteiger partial charge in [-0.1, -0.05) is 45.1 Å². The molecule has 0 amide bonds. The van der Waals surface area contributed by atoms with Crippen LogP contribution in [0.5, 0.6) is 0 Å². The van der Waals surface area contributed by atoms with Crippen molar-refractivity contribution in [3.63, 3.8) is 0 Å². The van der Waals surface area contributed by atoms with Gasteiger partial charge in [-0.05, 0) is 17.7 Å². The van der Waals surface area contributed by atoms with Gasteiger partial charge in [0.2, 0.25) is 5.13 Å². The predicted molar refractivity (Wildman–Crippen MR) is 75.0 cm³/mol. The van der Waals surface area contributed by atoms with Crippen molar-refractivity contribution in [1.29, 1.82) is 0 Å². The molecule has 0 saturated heterocycles. The Morgan fingerprint density at radius 3 is 2.83 bits per heavy atom. The molecular weight excluding hydrogens is 338 g/mol. The normalized spacial score (nSPS) is 10.5. The van der Waals surface area contributed by atoms with E-state index in [1.54, 1.807) is 18.2 Å². The third kappa shape index (κ3) is 3.21. The van der Waals surface area contributed by atoms with Crippen molar-refractivity contribution in [2.75, 3.05) is 5.73 Å². The minimum atomic E-state index is -0.938. The largest absolute Gasteiger partial charge is 0.478 e. The van der Waals surface area contributed by atoms with Crippen molar-refractivity contribution < 1.29 is 9.90 Å². The highest BCUT2D eigenvalue weighted by Gasteiger charge is 2.08. The lowest BCUT2D eigenvalue weighted by atomic mass is 10.1. The number of nitrogens with zero attached hydrogens (tertiary/aromatic N) is 2. The average Bonchev–Trinajstić information content (AvgIpc) is 2.73. The molecule has 94 valence electrons. The minimum Gasteiger partial charge on any atom is -0.478 e. The molecule has 0 atom stereocenters. The zero-order chi connectivity index (χ0) is 13.1. The van der Waals surface area contributed by atoms with E-state index in [9.17, 15) is 4.79 Å². The summed E-state index contributed by atoms with van der Waals surface area (Å²) < 4.78 is 1.56. The summed E-state index contributed by atoms with van der Waals surface area (Å²) in [4.78, 5) is 10.8. The Bertz CT molecular complexity index is 588. The van der Waals surface area contributed by atoms with Gasteiger partial charge >= 0.3 is 5.97 Å². The van der Waals surface area contributed by atoms with Gasteiger partial charge in [0.05, 0.1) is 5.56 Å². The van der Waals surface area contributed by atoms with Crippen LogP contribution in [0.15, 0.2) is 27.0 Å². The van der Waals surface area contributed by atoms with Crippen molar-refractivity contribution in [1.82, 2.24) is 10.2 Å². The van der Waals surface area contributed by atoms with E-state index < -0.39 is 5.97 Å². The molecule has 0 fully saturated rings. The summed E-state index contributed by atoms with van der Waals surface area (Å²) in [5.74, 6) is -0.262. The number of rotatable bonds is 4. The first-order valence-electron chi connectivity index (χ1n) is 4.80. The smallest absolute Gasteiger partial charge is 0.335 e. The number of nitrogens with two attached hydrogens (primary N) is 1. The van der Waals surface area contributed by atoms with Gasteiger partial charge in [-0.15, -0.1) is 10.2 Å². The second-order valence-electron chi connectivity index (χ2n) is 3.31. The van der Waals surface area contributed by atoms with Crippen LogP contribution in [-0.4, -0.2) is 21.3 Å². The van der Waals surface area contributed by atoms with Crippen molar-refractivity contribution in [2.45, 2.75) is 10.1 Å². The summed E-state index contributed by atoms with van der Waals surface area (Å²) in [6.07, 6.45) is 0. The highest BCUT2D eigenvalue weighted by atomic mass is 79.9. The van der Waals surface area contributed by atoms with Crippen molar-refractivity contribution >= 4 is 50.1 Å². The maximum absolute atomic E-state index is 10.8. The van der Waals surface area contributed by atoms with Crippen LogP contribution in [0.1, 0.15) is 15.9 Å². The predicted octanol–water partition coefficient (Wildman–Crippen LogP) is 2.87. The first kappa shape index (κ1) is 13.3. The molecule has 0 radical (unpaired) electrons. The molecule has 1 heterocycles. The lowest BCUT2D eigenvalue weighted by Crippen LogP contribution is -1.96. The topological polar surface area (TPSA) is 89.1 Å². The van der Waals surface area contributed by atoms with E-state index in [2.05, 4.69) is 26.1 Å². The van der Waals surface area contributed by atoms with Gasteiger partial charge in [-0.25, -0.2) is 4.79 Å². The third-order valence-corrected chi connectivity index (χ3v) is 4.75. The Hall–Kier alpha value is -1.12. The summed E-state index contributed by atoms with van der Waals surface area (Å²) in [6, 6.07) is 4.95. The van der Waals surface area contributed by atoms with E-state index in [4.69, 9.17) is 10.8 Å². The first-order valence-corrected chi connectivity index (χ1v) is 7.39. The molecule has 0 unspecified atom stereocenters. The molecule has 0 aliphatic carbocycles. The Balaban J connectivity index is 2.08. The zero-order valence-electron chi connectivity index (χ0n) is 8.96. The molecule has 1 aromatic heterocycles. The van der Waals surface area contributed by atoms with Crippen molar-refractivity contribution in [3.8, 4) is 0 Å². The number of hydrogen-bond acceptors (Lipinski definition) is 6. The van der Waals surface area contributed by atoms with Crippen LogP contribution in [0.3, 0.4) is 0 Å². The Labute approximate surface area is 120 Å². The summed E-state index contributed by atoms with van der Waals surface area (Å²) >= 11 is 6.20. The van der Waals surface area contributed by atoms with Gasteiger partial charge in [-0.2, -0.15) is 0 Å². The molecule has 0 aliphatic rings. The molecule has 0 saturated carbocycles. The fourth-order valence-corrected chi connectivity index (χ4v) is 3.56. The Kier molecular flexibility index (Phi) is 4.20. The second-order valence-corrected chi connectivity index (χ2v) is 6.39. The van der Waals surface area contributed by atoms with E-state index in [0.29, 0.717) is 10.9 Å². The molecule has 5 nitrogen and oxygen atoms in total. The van der Waals surface area contributed by atoms with Gasteiger partial charge in [0, 0.05) is 10.2 Å². The molecule has 0 spiro atoms. The number of benzene rings is 1. The lowest BCUT2D eigenvalue weighted by Gasteiger charge is -2.03. The number of halogens is 1. The minimum absolute atomic E-state index is 0.260. The monoisotopic (exact) mass is 345 g/mol. The number of nitrogen functional groups attached to an aromatic ring is 1. The van der Waals surface area contributed by atoms with Gasteiger partial charge < -0.3 is 10.8 Å². The lowest BCUT2D eigenvalue weighted by molar-refractivity contribution is 0.0697. The molecule has 1 aromatic carbocycles. The molecule has 8 heteroatoms. The number of carboxylic acids is 1. The molecular formula is C10H8BrN3O2S2. The van der Waals surface area contributed by atoms with E-state index >= 15 is 0 Å². The van der Waals surface area contributed by atoms with Gasteiger partial charge in [0.25, 0.3) is 0 Å². The number of aromatic nitrogens is 2. The summed E-state index contributed by atoms with van der Waals surface area (Å²) in [5.41, 5.74) is 6.75. The maximum atomic E-state index is 10.8. The SMILES string of the molecule is Nc1nnc(SCc2ccc(C(=O)O)cc2Br)s1. The standard InChI is InChI=1S/C10H8BrN3O2S2/c11-7-3-5(8(15)16)1-2-6(7)4-17-10-14-13-9(12)18-10/h1-3H,4H2,(H2,12,13)(H,15,16). The average molecular weight is 346 g/mol. The van der Waals surface area contributed by atoms with E-state index in [1.165, 1.54) is 23.1 Å². The van der Waals surface area contributed by atoms with Crippen molar-refractivity contribution in [2.24, 2.45) is 0 Å². The highest BCUT2D eigenvalue weighted by molar-refractivity contribution is 9.10. The summed E-state index contributed by atoms with van der Waals surface area (Å²) in [6.45, 7) is 0. The van der Waals surface area contributed by atoms with E-state index in [-0.39, 0.29) is 5.56 Å². The molecule has 0 aliphatic heterocycles. The van der Waals surface area contributed by atoms with Crippen LogP contribution in [0.25, 0.3) is 0 Å². The quantitative estimate of drug-likeness (QED) is 0.828. The first-order chi connectivity index (χ1) is 8.56. The number of thioether (sulfide) groups is 1. The molecule has 18 heavy (non-hydrogen) atoms. The third-order valence-electron chi connectivity index (χ3n) is 2.07. The molecule has 2 aromatic rings. The number of aromatic carboxylic acids is 1. The van der Waals surface area contributed by atoms with Crippen LogP contribution >= 0.6 is 39.0 Å². The Morgan fingerprint density at radius 2 is 2.28 bits per heavy atom. The fraction of sp³-hybridized carbons (Fsp3) is 0.100. The van der Waals surface area contributed by atoms with Crippen LogP contribution in [0.2, 0.25) is 0 Å².